The SMILES string of the molecule is CN(C)C(=O)c1ccc(N2CCC(C)(CN)C2)nc1. The Kier molecular flexibility index (Phi) is 3.75. The van der Waals surface area contributed by atoms with Crippen LogP contribution in [0.2, 0.25) is 0 Å². The number of carbonyl (C=O) groups is 1. The van der Waals surface area contributed by atoms with E-state index >= 15 is 0 Å². The Morgan fingerprint density at radius 3 is 2.74 bits per heavy atom. The van der Waals surface area contributed by atoms with Crippen LogP contribution in [0.3, 0.4) is 0 Å². The number of hydrogen-bond acceptors (Lipinski definition) is 4. The summed E-state index contributed by atoms with van der Waals surface area (Å²) in [5, 5.41) is 0. The summed E-state index contributed by atoms with van der Waals surface area (Å²) in [4.78, 5) is 20.0. The zero-order valence-electron chi connectivity index (χ0n) is 11.9. The lowest BCUT2D eigenvalue weighted by Gasteiger charge is -2.23. The molecule has 1 unspecified atom stereocenters. The minimum absolute atomic E-state index is 0.0210. The van der Waals surface area contributed by atoms with Gasteiger partial charge in [0.1, 0.15) is 5.82 Å². The van der Waals surface area contributed by atoms with Gasteiger partial charge in [-0.2, -0.15) is 0 Å². The van der Waals surface area contributed by atoms with Gasteiger partial charge in [-0.1, -0.05) is 6.92 Å². The van der Waals surface area contributed by atoms with E-state index in [1.165, 1.54) is 0 Å². The van der Waals surface area contributed by atoms with Gasteiger partial charge in [0, 0.05) is 33.4 Å². The van der Waals surface area contributed by atoms with Gasteiger partial charge in [0.15, 0.2) is 0 Å². The molecule has 1 fully saturated rings. The number of anilines is 1. The Balaban J connectivity index is 2.10. The highest BCUT2D eigenvalue weighted by atomic mass is 16.2. The maximum atomic E-state index is 11.8. The average Bonchev–Trinajstić information content (AvgIpc) is 2.81. The summed E-state index contributed by atoms with van der Waals surface area (Å²) < 4.78 is 0. The third-order valence-electron chi connectivity index (χ3n) is 3.78. The molecule has 2 heterocycles. The van der Waals surface area contributed by atoms with E-state index in [4.69, 9.17) is 5.73 Å². The first-order valence-electron chi connectivity index (χ1n) is 6.58. The van der Waals surface area contributed by atoms with Crippen LogP contribution >= 0.6 is 0 Å². The molecular formula is C14H22N4O. The zero-order valence-corrected chi connectivity index (χ0v) is 11.9. The topological polar surface area (TPSA) is 62.5 Å². The predicted octanol–water partition coefficient (Wildman–Crippen LogP) is 0.958. The van der Waals surface area contributed by atoms with Crippen molar-refractivity contribution in [1.29, 1.82) is 0 Å². The molecule has 19 heavy (non-hydrogen) atoms. The molecule has 1 saturated heterocycles. The smallest absolute Gasteiger partial charge is 0.254 e. The van der Waals surface area contributed by atoms with Gasteiger partial charge in [0.05, 0.1) is 5.56 Å². The van der Waals surface area contributed by atoms with Crippen molar-refractivity contribution >= 4 is 11.7 Å². The molecule has 0 aliphatic carbocycles. The molecule has 0 bridgehead atoms. The predicted molar refractivity (Wildman–Crippen MR) is 76.2 cm³/mol. The van der Waals surface area contributed by atoms with Gasteiger partial charge in [-0.25, -0.2) is 4.98 Å². The summed E-state index contributed by atoms with van der Waals surface area (Å²) in [5.74, 6) is 0.903. The van der Waals surface area contributed by atoms with E-state index in [-0.39, 0.29) is 11.3 Å². The van der Waals surface area contributed by atoms with E-state index in [1.54, 1.807) is 25.2 Å². The monoisotopic (exact) mass is 262 g/mol. The fourth-order valence-electron chi connectivity index (χ4n) is 2.34. The normalized spacial score (nSPS) is 22.6. The first kappa shape index (κ1) is 13.8. The van der Waals surface area contributed by atoms with Crippen molar-refractivity contribution in [2.24, 2.45) is 11.1 Å². The van der Waals surface area contributed by atoms with E-state index in [0.717, 1.165) is 25.3 Å². The molecule has 0 spiro atoms. The second-order valence-electron chi connectivity index (χ2n) is 5.79. The summed E-state index contributed by atoms with van der Waals surface area (Å²) in [6.07, 6.45) is 2.74. The van der Waals surface area contributed by atoms with E-state index < -0.39 is 0 Å². The summed E-state index contributed by atoms with van der Waals surface area (Å²) in [6.45, 7) is 4.80. The number of amides is 1. The number of carbonyl (C=O) groups excluding carboxylic acids is 1. The highest BCUT2D eigenvalue weighted by Gasteiger charge is 2.33. The molecule has 0 aromatic carbocycles. The molecule has 104 valence electrons. The molecule has 5 nitrogen and oxygen atoms in total. The summed E-state index contributed by atoms with van der Waals surface area (Å²) in [5.41, 5.74) is 6.61. The molecule has 2 rings (SSSR count). The van der Waals surface area contributed by atoms with Crippen LogP contribution in [0.5, 0.6) is 0 Å². The van der Waals surface area contributed by atoms with Crippen LogP contribution in [0.15, 0.2) is 18.3 Å². The molecule has 1 aromatic rings. The third-order valence-corrected chi connectivity index (χ3v) is 3.78. The molecule has 1 aliphatic heterocycles. The number of nitrogens with two attached hydrogens (primary N) is 1. The Morgan fingerprint density at radius 2 is 2.26 bits per heavy atom. The first-order chi connectivity index (χ1) is 8.95. The van der Waals surface area contributed by atoms with E-state index in [2.05, 4.69) is 16.8 Å². The molecule has 0 radical (unpaired) electrons. The third kappa shape index (κ3) is 2.87. The number of aromatic nitrogens is 1. The van der Waals surface area contributed by atoms with Crippen molar-refractivity contribution < 1.29 is 4.79 Å². The van der Waals surface area contributed by atoms with Gasteiger partial charge in [0.2, 0.25) is 0 Å². The van der Waals surface area contributed by atoms with Crippen molar-refractivity contribution in [3.8, 4) is 0 Å². The van der Waals surface area contributed by atoms with Gasteiger partial charge in [-0.3, -0.25) is 4.79 Å². The summed E-state index contributed by atoms with van der Waals surface area (Å²) >= 11 is 0. The quantitative estimate of drug-likeness (QED) is 0.881. The molecule has 1 aromatic heterocycles. The van der Waals surface area contributed by atoms with E-state index in [0.29, 0.717) is 12.1 Å². The van der Waals surface area contributed by atoms with Crippen LogP contribution in [-0.4, -0.2) is 49.5 Å². The number of nitrogens with zero attached hydrogens (tertiary/aromatic N) is 3. The molecule has 5 heteroatoms. The van der Waals surface area contributed by atoms with Gasteiger partial charge in [-0.05, 0) is 30.5 Å². The minimum Gasteiger partial charge on any atom is -0.356 e. The van der Waals surface area contributed by atoms with Crippen molar-refractivity contribution in [3.05, 3.63) is 23.9 Å². The second-order valence-corrected chi connectivity index (χ2v) is 5.79. The number of pyridine rings is 1. The minimum atomic E-state index is -0.0210. The fraction of sp³-hybridized carbons (Fsp3) is 0.571. The average molecular weight is 262 g/mol. The maximum Gasteiger partial charge on any atom is 0.254 e. The van der Waals surface area contributed by atoms with Gasteiger partial charge in [-0.15, -0.1) is 0 Å². The highest BCUT2D eigenvalue weighted by Crippen LogP contribution is 2.31. The van der Waals surface area contributed by atoms with Crippen molar-refractivity contribution in [2.75, 3.05) is 38.6 Å². The number of hydrogen-bond donors (Lipinski definition) is 1. The van der Waals surface area contributed by atoms with Crippen molar-refractivity contribution in [1.82, 2.24) is 9.88 Å². The zero-order chi connectivity index (χ0) is 14.0. The first-order valence-corrected chi connectivity index (χ1v) is 6.58. The Hall–Kier alpha value is -1.62. The van der Waals surface area contributed by atoms with Gasteiger partial charge < -0.3 is 15.5 Å². The van der Waals surface area contributed by atoms with E-state index in [9.17, 15) is 4.79 Å². The Bertz CT molecular complexity index is 457. The van der Waals surface area contributed by atoms with Crippen LogP contribution in [0.4, 0.5) is 5.82 Å². The lowest BCUT2D eigenvalue weighted by Crippen LogP contribution is -2.31. The highest BCUT2D eigenvalue weighted by molar-refractivity contribution is 5.93. The lowest BCUT2D eigenvalue weighted by molar-refractivity contribution is 0.0827. The number of rotatable bonds is 3. The van der Waals surface area contributed by atoms with Crippen molar-refractivity contribution in [2.45, 2.75) is 13.3 Å². The molecular weight excluding hydrogens is 240 g/mol. The standard InChI is InChI=1S/C14H22N4O/c1-14(9-15)6-7-18(10-14)12-5-4-11(8-16-12)13(19)17(2)3/h4-5,8H,6-7,9-10,15H2,1-3H3. The van der Waals surface area contributed by atoms with Gasteiger partial charge >= 0.3 is 0 Å². The largest absolute Gasteiger partial charge is 0.356 e. The summed E-state index contributed by atoms with van der Waals surface area (Å²) in [7, 11) is 3.48. The van der Waals surface area contributed by atoms with Crippen molar-refractivity contribution in [3.63, 3.8) is 0 Å². The lowest BCUT2D eigenvalue weighted by atomic mass is 9.90. The molecule has 1 aliphatic rings. The Morgan fingerprint density at radius 1 is 1.53 bits per heavy atom. The fourth-order valence-corrected chi connectivity index (χ4v) is 2.34. The summed E-state index contributed by atoms with van der Waals surface area (Å²) in [6, 6.07) is 3.75. The molecule has 1 atom stereocenters. The Labute approximate surface area is 114 Å². The molecule has 2 N–H and O–H groups in total. The maximum absolute atomic E-state index is 11.8. The van der Waals surface area contributed by atoms with Crippen LogP contribution in [0.1, 0.15) is 23.7 Å². The van der Waals surface area contributed by atoms with E-state index in [1.807, 2.05) is 12.1 Å². The van der Waals surface area contributed by atoms with Crippen LogP contribution in [0.25, 0.3) is 0 Å². The second kappa shape index (κ2) is 5.17. The molecule has 1 amide bonds. The van der Waals surface area contributed by atoms with Crippen LogP contribution in [-0.2, 0) is 0 Å². The molecule has 0 saturated carbocycles. The van der Waals surface area contributed by atoms with Crippen LogP contribution < -0.4 is 10.6 Å². The van der Waals surface area contributed by atoms with Crippen LogP contribution in [0, 0.1) is 5.41 Å². The van der Waals surface area contributed by atoms with Gasteiger partial charge in [0.25, 0.3) is 5.91 Å².